The Labute approximate surface area is 219 Å². The molecule has 0 spiro atoms. The molecule has 2 radical (unpaired) electrons. The summed E-state index contributed by atoms with van der Waals surface area (Å²) < 4.78 is 30.5. The summed E-state index contributed by atoms with van der Waals surface area (Å²) in [7, 11) is 6.97. The Morgan fingerprint density at radius 1 is 1.22 bits per heavy atom. The van der Waals surface area contributed by atoms with Gasteiger partial charge in [-0.1, -0.05) is 6.07 Å². The SMILES string of the molecule is [B]C(CCC(=O)OCCS(C)(C)C)(C(N)=O)N1Cc2c(OCc3ccc(OC)cc3F)cccc2C1=O. The average Bonchev–Trinajstić information content (AvgIpc) is 3.18. The number of esters is 1. The molecule has 2 amide bonds. The predicted octanol–water partition coefficient (Wildman–Crippen LogP) is 2.74. The fourth-order valence-corrected chi connectivity index (χ4v) is 4.43. The molecule has 11 heteroatoms. The Bertz CT molecular complexity index is 1190. The van der Waals surface area contributed by atoms with Crippen LogP contribution >= 0.6 is 10.0 Å². The molecule has 1 aliphatic heterocycles. The highest BCUT2D eigenvalue weighted by molar-refractivity contribution is 8.32. The number of benzene rings is 2. The molecule has 1 atom stereocenters. The van der Waals surface area contributed by atoms with E-state index in [2.05, 4.69) is 18.8 Å². The van der Waals surface area contributed by atoms with E-state index in [0.717, 1.165) is 10.7 Å². The van der Waals surface area contributed by atoms with Crippen LogP contribution in [0.25, 0.3) is 0 Å². The van der Waals surface area contributed by atoms with Gasteiger partial charge in [-0.05, 0) is 49.5 Å². The Balaban J connectivity index is 1.72. The number of methoxy groups -OCH3 is 1. The van der Waals surface area contributed by atoms with Crippen LogP contribution in [0.5, 0.6) is 11.5 Å². The molecule has 0 aromatic heterocycles. The minimum Gasteiger partial charge on any atom is -0.497 e. The second kappa shape index (κ2) is 11.5. The molecule has 0 aliphatic carbocycles. The summed E-state index contributed by atoms with van der Waals surface area (Å²) in [4.78, 5) is 39.1. The number of carbonyl (C=O) groups excluding carboxylic acids is 3. The van der Waals surface area contributed by atoms with Gasteiger partial charge >= 0.3 is 5.97 Å². The first-order valence-electron chi connectivity index (χ1n) is 11.6. The molecule has 2 aromatic carbocycles. The number of halogens is 1. The number of hydrogen-bond acceptors (Lipinski definition) is 6. The van der Waals surface area contributed by atoms with Gasteiger partial charge in [-0.25, -0.2) is 14.4 Å². The first-order valence-corrected chi connectivity index (χ1v) is 14.7. The lowest BCUT2D eigenvalue weighted by Gasteiger charge is -2.36. The number of nitrogens with two attached hydrogens (primary N) is 1. The van der Waals surface area contributed by atoms with Gasteiger partial charge < -0.3 is 24.8 Å². The van der Waals surface area contributed by atoms with Gasteiger partial charge in [0.2, 0.25) is 5.91 Å². The van der Waals surface area contributed by atoms with Gasteiger partial charge in [0.25, 0.3) is 5.91 Å². The average molecular weight is 530 g/mol. The fourth-order valence-electron chi connectivity index (χ4n) is 3.85. The topological polar surface area (TPSA) is 108 Å². The van der Waals surface area contributed by atoms with Crippen molar-refractivity contribution < 1.29 is 33.0 Å². The van der Waals surface area contributed by atoms with Crippen molar-refractivity contribution >= 4 is 35.7 Å². The number of nitrogens with zero attached hydrogens (tertiary/aromatic N) is 1. The zero-order valence-electron chi connectivity index (χ0n) is 21.5. The van der Waals surface area contributed by atoms with Crippen molar-refractivity contribution in [3.8, 4) is 11.5 Å². The molecule has 1 aliphatic rings. The van der Waals surface area contributed by atoms with Crippen LogP contribution in [0, 0.1) is 5.82 Å². The van der Waals surface area contributed by atoms with Crippen LogP contribution in [0.1, 0.15) is 34.3 Å². The smallest absolute Gasteiger partial charge is 0.305 e. The molecule has 8 nitrogen and oxygen atoms in total. The molecule has 0 saturated heterocycles. The molecular weight excluding hydrogens is 498 g/mol. The maximum atomic E-state index is 14.3. The summed E-state index contributed by atoms with van der Waals surface area (Å²) in [6, 6.07) is 9.28. The van der Waals surface area contributed by atoms with Gasteiger partial charge in [-0.3, -0.25) is 14.4 Å². The fraction of sp³-hybridized carbons (Fsp3) is 0.423. The molecule has 1 unspecified atom stereocenters. The van der Waals surface area contributed by atoms with Crippen LogP contribution in [-0.2, 0) is 27.5 Å². The van der Waals surface area contributed by atoms with Gasteiger partial charge in [-0.15, -0.1) is 0 Å². The van der Waals surface area contributed by atoms with E-state index < -0.39 is 39.1 Å². The lowest BCUT2D eigenvalue weighted by Crippen LogP contribution is -2.58. The van der Waals surface area contributed by atoms with E-state index in [1.807, 2.05) is 0 Å². The van der Waals surface area contributed by atoms with Crippen LogP contribution in [0.15, 0.2) is 36.4 Å². The lowest BCUT2D eigenvalue weighted by atomic mass is 9.72. The highest BCUT2D eigenvalue weighted by Gasteiger charge is 2.45. The first kappa shape index (κ1) is 28.4. The van der Waals surface area contributed by atoms with Gasteiger partial charge in [0, 0.05) is 34.9 Å². The number of rotatable bonds is 12. The largest absolute Gasteiger partial charge is 0.497 e. The molecule has 2 N–H and O–H groups in total. The Morgan fingerprint density at radius 3 is 2.57 bits per heavy atom. The van der Waals surface area contributed by atoms with E-state index in [1.54, 1.807) is 30.3 Å². The highest BCUT2D eigenvalue weighted by Crippen LogP contribution is 2.36. The normalized spacial score (nSPS) is 15.1. The van der Waals surface area contributed by atoms with Crippen LogP contribution in [0.2, 0.25) is 0 Å². The number of fused-ring (bicyclic) bond motifs is 1. The van der Waals surface area contributed by atoms with Crippen molar-refractivity contribution in [2.24, 2.45) is 5.73 Å². The predicted molar refractivity (Wildman–Crippen MR) is 142 cm³/mol. The Hall–Kier alpha value is -3.21. The molecule has 3 rings (SSSR count). The molecule has 0 bridgehead atoms. The minimum absolute atomic E-state index is 0.0582. The third-order valence-corrected chi connectivity index (χ3v) is 7.54. The van der Waals surface area contributed by atoms with Crippen LogP contribution in [0.4, 0.5) is 4.39 Å². The van der Waals surface area contributed by atoms with Crippen molar-refractivity contribution in [1.29, 1.82) is 0 Å². The van der Waals surface area contributed by atoms with Crippen molar-refractivity contribution in [3.63, 3.8) is 0 Å². The van der Waals surface area contributed by atoms with E-state index in [9.17, 15) is 18.8 Å². The Kier molecular flexibility index (Phi) is 8.78. The summed E-state index contributed by atoms with van der Waals surface area (Å²) in [5, 5.41) is 0. The molecule has 1 heterocycles. The van der Waals surface area contributed by atoms with Crippen molar-refractivity contribution in [2.75, 3.05) is 38.2 Å². The maximum absolute atomic E-state index is 14.3. The quantitative estimate of drug-likeness (QED) is 0.334. The van der Waals surface area contributed by atoms with Crippen LogP contribution in [0.3, 0.4) is 0 Å². The van der Waals surface area contributed by atoms with E-state index in [-0.39, 0.29) is 32.6 Å². The standard InChI is InChI=1S/C26H32BFN2O6S/c1-34-18-9-8-17(21(28)14-18)16-36-22-7-5-6-19-20(22)15-30(24(19)32)26(27,25(29)33)11-10-23(31)35-12-13-37(2,3)4/h5-9,14H,10-13,15-16H2,1-4H3,(H2,29,33). The monoisotopic (exact) mass is 530 g/mol. The molecule has 0 fully saturated rings. The maximum Gasteiger partial charge on any atom is 0.305 e. The zero-order valence-corrected chi connectivity index (χ0v) is 22.4. The van der Waals surface area contributed by atoms with Crippen LogP contribution < -0.4 is 15.2 Å². The van der Waals surface area contributed by atoms with Crippen LogP contribution in [-0.4, -0.2) is 74.2 Å². The van der Waals surface area contributed by atoms with Crippen molar-refractivity contribution in [1.82, 2.24) is 4.90 Å². The highest BCUT2D eigenvalue weighted by atomic mass is 32.3. The zero-order chi connectivity index (χ0) is 27.4. The number of primary amides is 1. The minimum atomic E-state index is -1.91. The van der Waals surface area contributed by atoms with E-state index in [4.69, 9.17) is 27.8 Å². The summed E-state index contributed by atoms with van der Waals surface area (Å²) in [6.07, 6.45) is 5.96. The molecule has 2 aromatic rings. The summed E-state index contributed by atoms with van der Waals surface area (Å²) >= 11 is 0. The van der Waals surface area contributed by atoms with E-state index >= 15 is 0 Å². The van der Waals surface area contributed by atoms with Gasteiger partial charge in [0.05, 0.1) is 25.7 Å². The number of amides is 2. The molecule has 198 valence electrons. The Morgan fingerprint density at radius 2 is 1.95 bits per heavy atom. The molecule has 0 saturated carbocycles. The summed E-state index contributed by atoms with van der Waals surface area (Å²) in [5.41, 5.74) is 4.79. The number of ether oxygens (including phenoxy) is 3. The second-order valence-corrected chi connectivity index (χ2v) is 14.3. The first-order chi connectivity index (χ1) is 17.4. The third-order valence-electron chi connectivity index (χ3n) is 6.15. The molecule has 37 heavy (non-hydrogen) atoms. The lowest BCUT2D eigenvalue weighted by molar-refractivity contribution is -0.143. The molecular formula is C26H32BFN2O6S. The van der Waals surface area contributed by atoms with Crippen molar-refractivity contribution in [3.05, 3.63) is 58.9 Å². The number of hydrogen-bond donors (Lipinski definition) is 1. The van der Waals surface area contributed by atoms with Gasteiger partial charge in [0.15, 0.2) is 0 Å². The number of carbonyl (C=O) groups is 3. The van der Waals surface area contributed by atoms with E-state index in [1.165, 1.54) is 13.2 Å². The van der Waals surface area contributed by atoms with E-state index in [0.29, 0.717) is 28.2 Å². The second-order valence-electron chi connectivity index (χ2n) is 9.72. The van der Waals surface area contributed by atoms with Gasteiger partial charge in [-0.2, -0.15) is 0 Å². The third kappa shape index (κ3) is 6.77. The summed E-state index contributed by atoms with van der Waals surface area (Å²) in [6.45, 7) is 0.124. The van der Waals surface area contributed by atoms with Crippen molar-refractivity contribution in [2.45, 2.75) is 31.4 Å². The van der Waals surface area contributed by atoms with Gasteiger partial charge in [0.1, 0.15) is 31.8 Å². The summed E-state index contributed by atoms with van der Waals surface area (Å²) in [5.74, 6) is -0.978.